The molecule has 1 N–H and O–H groups in total. The smallest absolute Gasteiger partial charge is 0.251 e. The summed E-state index contributed by atoms with van der Waals surface area (Å²) in [7, 11) is 0. The van der Waals surface area contributed by atoms with Gasteiger partial charge in [-0.15, -0.1) is 0 Å². The zero-order valence-electron chi connectivity index (χ0n) is 15.6. The number of hydrogen-bond donors (Lipinski definition) is 1. The first-order chi connectivity index (χ1) is 13.6. The number of para-hydroxylation sites is 1. The van der Waals surface area contributed by atoms with Crippen LogP contribution < -0.4 is 14.8 Å². The Hall–Kier alpha value is -2.79. The Bertz CT molecular complexity index is 900. The number of carbonyl (C=O) groups is 1. The molecule has 0 bridgehead atoms. The van der Waals surface area contributed by atoms with Crippen LogP contribution in [0.1, 0.15) is 28.9 Å². The van der Waals surface area contributed by atoms with Crippen molar-refractivity contribution in [1.29, 1.82) is 0 Å². The van der Waals surface area contributed by atoms with Gasteiger partial charge in [-0.05, 0) is 58.7 Å². The summed E-state index contributed by atoms with van der Waals surface area (Å²) in [5, 5.41) is 3.01. The molecular formula is C23H22BrNO3. The lowest BCUT2D eigenvalue weighted by molar-refractivity contribution is 0.0939. The van der Waals surface area contributed by atoms with Crippen molar-refractivity contribution in [3.63, 3.8) is 0 Å². The summed E-state index contributed by atoms with van der Waals surface area (Å²) in [6.07, 6.45) is 0. The summed E-state index contributed by atoms with van der Waals surface area (Å²) in [5.74, 6) is 1.35. The molecule has 0 aliphatic carbocycles. The van der Waals surface area contributed by atoms with Gasteiger partial charge in [-0.1, -0.05) is 48.5 Å². The van der Waals surface area contributed by atoms with Crippen LogP contribution in [0, 0.1) is 0 Å². The standard InChI is InChI=1S/C23H22BrNO3/c1-17(18-8-4-2-5-9-18)25-23(26)19-12-13-22(21(24)16-19)28-15-14-27-20-10-6-3-7-11-20/h2-13,16-17H,14-15H2,1H3,(H,25,26). The van der Waals surface area contributed by atoms with Crippen LogP contribution in [0.5, 0.6) is 11.5 Å². The second-order valence-electron chi connectivity index (χ2n) is 6.26. The Balaban J connectivity index is 1.52. The molecule has 3 aromatic rings. The van der Waals surface area contributed by atoms with Gasteiger partial charge in [0.1, 0.15) is 24.7 Å². The Labute approximate surface area is 173 Å². The third kappa shape index (κ3) is 5.60. The molecule has 4 nitrogen and oxygen atoms in total. The Kier molecular flexibility index (Phi) is 7.09. The summed E-state index contributed by atoms with van der Waals surface area (Å²) < 4.78 is 12.1. The number of halogens is 1. The molecule has 0 saturated heterocycles. The molecule has 0 spiro atoms. The number of benzene rings is 3. The van der Waals surface area contributed by atoms with E-state index in [1.54, 1.807) is 18.2 Å². The third-order valence-electron chi connectivity index (χ3n) is 4.19. The van der Waals surface area contributed by atoms with E-state index in [1.807, 2.05) is 67.6 Å². The van der Waals surface area contributed by atoms with E-state index in [9.17, 15) is 4.79 Å². The van der Waals surface area contributed by atoms with Crippen LogP contribution in [0.3, 0.4) is 0 Å². The van der Waals surface area contributed by atoms with Crippen LogP contribution >= 0.6 is 15.9 Å². The first-order valence-electron chi connectivity index (χ1n) is 9.09. The average Bonchev–Trinajstić information content (AvgIpc) is 2.73. The molecule has 0 aliphatic rings. The highest BCUT2D eigenvalue weighted by molar-refractivity contribution is 9.10. The molecule has 1 amide bonds. The van der Waals surface area contributed by atoms with Crippen molar-refractivity contribution < 1.29 is 14.3 Å². The highest BCUT2D eigenvalue weighted by Crippen LogP contribution is 2.26. The lowest BCUT2D eigenvalue weighted by Crippen LogP contribution is -2.26. The predicted molar refractivity (Wildman–Crippen MR) is 114 cm³/mol. The Morgan fingerprint density at radius 2 is 1.57 bits per heavy atom. The number of nitrogens with one attached hydrogen (secondary N) is 1. The van der Waals surface area contributed by atoms with Crippen LogP contribution in [0.2, 0.25) is 0 Å². The summed E-state index contributed by atoms with van der Waals surface area (Å²) in [4.78, 5) is 12.5. The molecule has 28 heavy (non-hydrogen) atoms. The average molecular weight is 440 g/mol. The Morgan fingerprint density at radius 1 is 0.929 bits per heavy atom. The number of hydrogen-bond acceptors (Lipinski definition) is 3. The Morgan fingerprint density at radius 3 is 2.25 bits per heavy atom. The van der Waals surface area contributed by atoms with Gasteiger partial charge in [-0.25, -0.2) is 0 Å². The number of carbonyl (C=O) groups excluding carboxylic acids is 1. The molecule has 0 heterocycles. The van der Waals surface area contributed by atoms with Gasteiger partial charge in [0.2, 0.25) is 0 Å². The minimum Gasteiger partial charge on any atom is -0.490 e. The van der Waals surface area contributed by atoms with Crippen molar-refractivity contribution in [1.82, 2.24) is 5.32 Å². The van der Waals surface area contributed by atoms with Gasteiger partial charge in [0.05, 0.1) is 10.5 Å². The molecule has 1 unspecified atom stereocenters. The number of amides is 1. The lowest BCUT2D eigenvalue weighted by Gasteiger charge is -2.15. The summed E-state index contributed by atoms with van der Waals surface area (Å²) >= 11 is 3.48. The normalized spacial score (nSPS) is 11.5. The fourth-order valence-corrected chi connectivity index (χ4v) is 3.19. The van der Waals surface area contributed by atoms with Gasteiger partial charge in [0.15, 0.2) is 0 Å². The molecule has 5 heteroatoms. The van der Waals surface area contributed by atoms with E-state index in [2.05, 4.69) is 21.2 Å². The molecule has 0 fully saturated rings. The minimum absolute atomic E-state index is 0.0708. The lowest BCUT2D eigenvalue weighted by atomic mass is 10.1. The van der Waals surface area contributed by atoms with E-state index in [-0.39, 0.29) is 11.9 Å². The van der Waals surface area contributed by atoms with Crippen molar-refractivity contribution in [3.05, 3.63) is 94.5 Å². The van der Waals surface area contributed by atoms with Crippen LogP contribution in [0.25, 0.3) is 0 Å². The third-order valence-corrected chi connectivity index (χ3v) is 4.81. The van der Waals surface area contributed by atoms with Crippen LogP contribution in [0.15, 0.2) is 83.3 Å². The molecule has 144 valence electrons. The quantitative estimate of drug-likeness (QED) is 0.478. The van der Waals surface area contributed by atoms with Crippen molar-refractivity contribution in [2.24, 2.45) is 0 Å². The maximum Gasteiger partial charge on any atom is 0.251 e. The molecule has 0 aromatic heterocycles. The second kappa shape index (κ2) is 9.95. The fourth-order valence-electron chi connectivity index (χ4n) is 2.69. The molecule has 3 aromatic carbocycles. The first kappa shape index (κ1) is 20.0. The zero-order valence-corrected chi connectivity index (χ0v) is 17.2. The predicted octanol–water partition coefficient (Wildman–Crippen LogP) is 5.40. The van der Waals surface area contributed by atoms with E-state index in [4.69, 9.17) is 9.47 Å². The maximum atomic E-state index is 12.5. The van der Waals surface area contributed by atoms with Gasteiger partial charge >= 0.3 is 0 Å². The van der Waals surface area contributed by atoms with Crippen molar-refractivity contribution in [2.45, 2.75) is 13.0 Å². The second-order valence-corrected chi connectivity index (χ2v) is 7.12. The SMILES string of the molecule is CC(NC(=O)c1ccc(OCCOc2ccccc2)c(Br)c1)c1ccccc1. The zero-order chi connectivity index (χ0) is 19.8. The summed E-state index contributed by atoms with van der Waals surface area (Å²) in [5.41, 5.74) is 1.64. The summed E-state index contributed by atoms with van der Waals surface area (Å²) in [6.45, 7) is 2.81. The minimum atomic E-state index is -0.129. The van der Waals surface area contributed by atoms with E-state index in [1.165, 1.54) is 0 Å². The molecular weight excluding hydrogens is 418 g/mol. The number of ether oxygens (including phenoxy) is 2. The molecule has 0 aliphatic heterocycles. The van der Waals surface area contributed by atoms with Gasteiger partial charge in [0.25, 0.3) is 5.91 Å². The van der Waals surface area contributed by atoms with Gasteiger partial charge in [0, 0.05) is 5.56 Å². The van der Waals surface area contributed by atoms with Crippen molar-refractivity contribution in [3.8, 4) is 11.5 Å². The molecule has 1 atom stereocenters. The van der Waals surface area contributed by atoms with Crippen LogP contribution in [0.4, 0.5) is 0 Å². The van der Waals surface area contributed by atoms with E-state index < -0.39 is 0 Å². The topological polar surface area (TPSA) is 47.6 Å². The van der Waals surface area contributed by atoms with Gasteiger partial charge in [-0.3, -0.25) is 4.79 Å². The maximum absolute atomic E-state index is 12.5. The van der Waals surface area contributed by atoms with Crippen LogP contribution in [-0.2, 0) is 0 Å². The van der Waals surface area contributed by atoms with E-state index in [0.717, 1.165) is 15.8 Å². The van der Waals surface area contributed by atoms with Crippen molar-refractivity contribution >= 4 is 21.8 Å². The fraction of sp³-hybridized carbons (Fsp3) is 0.174. The van der Waals surface area contributed by atoms with E-state index in [0.29, 0.717) is 24.5 Å². The molecule has 3 rings (SSSR count). The highest BCUT2D eigenvalue weighted by atomic mass is 79.9. The van der Waals surface area contributed by atoms with Crippen LogP contribution in [-0.4, -0.2) is 19.1 Å². The van der Waals surface area contributed by atoms with Gasteiger partial charge in [-0.2, -0.15) is 0 Å². The number of rotatable bonds is 8. The van der Waals surface area contributed by atoms with E-state index >= 15 is 0 Å². The highest BCUT2D eigenvalue weighted by Gasteiger charge is 2.13. The monoisotopic (exact) mass is 439 g/mol. The molecule has 0 radical (unpaired) electrons. The first-order valence-corrected chi connectivity index (χ1v) is 9.89. The van der Waals surface area contributed by atoms with Gasteiger partial charge < -0.3 is 14.8 Å². The summed E-state index contributed by atoms with van der Waals surface area (Å²) in [6, 6.07) is 24.7. The molecule has 0 saturated carbocycles. The van der Waals surface area contributed by atoms with Crippen molar-refractivity contribution in [2.75, 3.05) is 13.2 Å². The largest absolute Gasteiger partial charge is 0.490 e.